The lowest BCUT2D eigenvalue weighted by molar-refractivity contribution is -0.124. The maximum Gasteiger partial charge on any atom is 0.237 e. The van der Waals surface area contributed by atoms with Crippen LogP contribution in [0.1, 0.15) is 18.4 Å². The molecule has 104 valence electrons. The van der Waals surface area contributed by atoms with Crippen molar-refractivity contribution < 1.29 is 9.53 Å². The fourth-order valence-corrected chi connectivity index (χ4v) is 2.28. The summed E-state index contributed by atoms with van der Waals surface area (Å²) in [4.78, 5) is 16.0. The summed E-state index contributed by atoms with van der Waals surface area (Å²) in [6.07, 6.45) is 6.07. The van der Waals surface area contributed by atoms with Gasteiger partial charge < -0.3 is 15.8 Å². The molecule has 1 amide bonds. The zero-order valence-electron chi connectivity index (χ0n) is 11.0. The molecule has 1 unspecified atom stereocenters. The average Bonchev–Trinajstić information content (AvgIpc) is 2.48. The number of nitrogens with one attached hydrogen (secondary N) is 1. The van der Waals surface area contributed by atoms with Crippen molar-refractivity contribution >= 4 is 5.91 Å². The van der Waals surface area contributed by atoms with Gasteiger partial charge in [0.15, 0.2) is 0 Å². The van der Waals surface area contributed by atoms with Gasteiger partial charge in [-0.2, -0.15) is 0 Å². The molecular formula is C14H21N3O2. The quantitative estimate of drug-likeness (QED) is 0.810. The first kappa shape index (κ1) is 14.0. The summed E-state index contributed by atoms with van der Waals surface area (Å²) in [6, 6.07) is 3.47. The van der Waals surface area contributed by atoms with Crippen LogP contribution in [0.4, 0.5) is 0 Å². The van der Waals surface area contributed by atoms with Crippen LogP contribution in [0.15, 0.2) is 24.5 Å². The summed E-state index contributed by atoms with van der Waals surface area (Å²) >= 11 is 0. The first-order chi connectivity index (χ1) is 9.27. The van der Waals surface area contributed by atoms with Gasteiger partial charge in [-0.3, -0.25) is 9.78 Å². The van der Waals surface area contributed by atoms with Gasteiger partial charge in [-0.1, -0.05) is 6.07 Å². The van der Waals surface area contributed by atoms with Gasteiger partial charge in [-0.05, 0) is 36.8 Å². The highest BCUT2D eigenvalue weighted by Crippen LogP contribution is 2.17. The lowest BCUT2D eigenvalue weighted by Crippen LogP contribution is -2.47. The van der Waals surface area contributed by atoms with Crippen molar-refractivity contribution in [2.45, 2.75) is 25.3 Å². The molecule has 2 heterocycles. The van der Waals surface area contributed by atoms with E-state index in [0.717, 1.165) is 24.8 Å². The van der Waals surface area contributed by atoms with E-state index in [2.05, 4.69) is 10.3 Å². The van der Waals surface area contributed by atoms with Gasteiger partial charge in [0.2, 0.25) is 5.91 Å². The lowest BCUT2D eigenvalue weighted by atomic mass is 9.92. The van der Waals surface area contributed by atoms with Crippen molar-refractivity contribution in [3.8, 4) is 0 Å². The van der Waals surface area contributed by atoms with Crippen LogP contribution >= 0.6 is 0 Å². The van der Waals surface area contributed by atoms with E-state index in [1.807, 2.05) is 18.3 Å². The van der Waals surface area contributed by atoms with Crippen LogP contribution in [0.5, 0.6) is 0 Å². The van der Waals surface area contributed by atoms with Crippen LogP contribution in [-0.4, -0.2) is 36.7 Å². The highest BCUT2D eigenvalue weighted by atomic mass is 16.5. The maximum atomic E-state index is 11.9. The Hall–Kier alpha value is -1.46. The fourth-order valence-electron chi connectivity index (χ4n) is 2.28. The maximum absolute atomic E-state index is 11.9. The van der Waals surface area contributed by atoms with Crippen LogP contribution in [-0.2, 0) is 16.0 Å². The molecule has 1 aliphatic heterocycles. The predicted octanol–water partition coefficient (Wildman–Crippen LogP) is 0.494. The second-order valence-electron chi connectivity index (χ2n) is 4.88. The van der Waals surface area contributed by atoms with E-state index in [0.29, 0.717) is 19.8 Å². The van der Waals surface area contributed by atoms with Gasteiger partial charge in [0, 0.05) is 32.2 Å². The van der Waals surface area contributed by atoms with Gasteiger partial charge in [0.25, 0.3) is 0 Å². The molecule has 0 aliphatic carbocycles. The summed E-state index contributed by atoms with van der Waals surface area (Å²) in [5.41, 5.74) is 7.10. The Morgan fingerprint density at radius 1 is 1.53 bits per heavy atom. The van der Waals surface area contributed by atoms with Crippen molar-refractivity contribution in [2.24, 2.45) is 11.7 Å². The molecule has 5 heteroatoms. The van der Waals surface area contributed by atoms with Crippen molar-refractivity contribution in [1.82, 2.24) is 10.3 Å². The topological polar surface area (TPSA) is 77.2 Å². The Morgan fingerprint density at radius 2 is 2.32 bits per heavy atom. The molecule has 0 spiro atoms. The third kappa shape index (κ3) is 4.29. The lowest BCUT2D eigenvalue weighted by Gasteiger charge is -2.26. The van der Waals surface area contributed by atoms with Crippen molar-refractivity contribution in [1.29, 1.82) is 0 Å². The number of aromatic nitrogens is 1. The van der Waals surface area contributed by atoms with Crippen molar-refractivity contribution in [3.05, 3.63) is 30.1 Å². The predicted molar refractivity (Wildman–Crippen MR) is 72.5 cm³/mol. The summed E-state index contributed by atoms with van der Waals surface area (Å²) < 4.78 is 5.27. The van der Waals surface area contributed by atoms with Gasteiger partial charge >= 0.3 is 0 Å². The molecule has 19 heavy (non-hydrogen) atoms. The third-order valence-electron chi connectivity index (χ3n) is 3.51. The molecule has 3 N–H and O–H groups in total. The number of pyridine rings is 1. The van der Waals surface area contributed by atoms with E-state index in [-0.39, 0.29) is 11.8 Å². The number of ether oxygens (including phenoxy) is 1. The molecule has 1 atom stereocenters. The molecule has 1 saturated heterocycles. The number of nitrogens with zero attached hydrogens (tertiary/aromatic N) is 1. The third-order valence-corrected chi connectivity index (χ3v) is 3.51. The molecule has 0 saturated carbocycles. The van der Waals surface area contributed by atoms with E-state index >= 15 is 0 Å². The molecule has 1 fully saturated rings. The largest absolute Gasteiger partial charge is 0.381 e. The van der Waals surface area contributed by atoms with E-state index in [1.54, 1.807) is 6.20 Å². The highest BCUT2D eigenvalue weighted by Gasteiger charge is 2.26. The average molecular weight is 263 g/mol. The Labute approximate surface area is 113 Å². The molecule has 2 rings (SSSR count). The van der Waals surface area contributed by atoms with Gasteiger partial charge in [-0.15, -0.1) is 0 Å². The van der Waals surface area contributed by atoms with E-state index in [4.69, 9.17) is 10.5 Å². The summed E-state index contributed by atoms with van der Waals surface area (Å²) in [5, 5.41) is 2.90. The molecule has 5 nitrogen and oxygen atoms in total. The Kier molecular flexibility index (Phi) is 5.30. The number of carbonyl (C=O) groups is 1. The smallest absolute Gasteiger partial charge is 0.237 e. The number of hydrogen-bond donors (Lipinski definition) is 2. The second-order valence-corrected chi connectivity index (χ2v) is 4.88. The highest BCUT2D eigenvalue weighted by molar-refractivity contribution is 5.81. The number of carbonyl (C=O) groups excluding carboxylic acids is 1. The fraction of sp³-hybridized carbons (Fsp3) is 0.571. The minimum atomic E-state index is -0.419. The number of rotatable bonds is 5. The zero-order valence-corrected chi connectivity index (χ0v) is 11.0. The van der Waals surface area contributed by atoms with Crippen molar-refractivity contribution in [2.75, 3.05) is 19.8 Å². The van der Waals surface area contributed by atoms with Crippen LogP contribution in [0.2, 0.25) is 0 Å². The summed E-state index contributed by atoms with van der Waals surface area (Å²) in [5.74, 6) is 0.183. The Bertz CT molecular complexity index is 391. The van der Waals surface area contributed by atoms with E-state index in [1.165, 1.54) is 0 Å². The number of amides is 1. The van der Waals surface area contributed by atoms with E-state index < -0.39 is 6.04 Å². The van der Waals surface area contributed by atoms with Gasteiger partial charge in [-0.25, -0.2) is 0 Å². The summed E-state index contributed by atoms with van der Waals surface area (Å²) in [7, 11) is 0. The Balaban J connectivity index is 1.71. The first-order valence-corrected chi connectivity index (χ1v) is 6.77. The van der Waals surface area contributed by atoms with E-state index in [9.17, 15) is 4.79 Å². The SMILES string of the molecule is NC(C(=O)NCCc1cccnc1)C1CCOCC1. The van der Waals surface area contributed by atoms with Gasteiger partial charge in [0.1, 0.15) is 0 Å². The summed E-state index contributed by atoms with van der Waals surface area (Å²) in [6.45, 7) is 2.02. The number of hydrogen-bond acceptors (Lipinski definition) is 4. The monoisotopic (exact) mass is 263 g/mol. The van der Waals surface area contributed by atoms with Crippen LogP contribution in [0, 0.1) is 5.92 Å². The molecule has 0 bridgehead atoms. The van der Waals surface area contributed by atoms with Crippen molar-refractivity contribution in [3.63, 3.8) is 0 Å². The van der Waals surface area contributed by atoms with Crippen LogP contribution < -0.4 is 11.1 Å². The number of nitrogens with two attached hydrogens (primary N) is 1. The normalized spacial score (nSPS) is 17.9. The molecular weight excluding hydrogens is 242 g/mol. The standard InChI is InChI=1S/C14H21N3O2/c15-13(12-4-8-19-9-5-12)14(18)17-7-3-11-2-1-6-16-10-11/h1-2,6,10,12-13H,3-5,7-9,15H2,(H,17,18). The zero-order chi connectivity index (χ0) is 13.5. The van der Waals surface area contributed by atoms with Gasteiger partial charge in [0.05, 0.1) is 6.04 Å². The Morgan fingerprint density at radius 3 is 3.00 bits per heavy atom. The minimum absolute atomic E-state index is 0.0595. The molecule has 1 aromatic rings. The molecule has 1 aliphatic rings. The molecule has 1 aromatic heterocycles. The first-order valence-electron chi connectivity index (χ1n) is 6.77. The second kappa shape index (κ2) is 7.21. The molecule has 0 aromatic carbocycles. The molecule has 0 radical (unpaired) electrons. The minimum Gasteiger partial charge on any atom is -0.381 e. The van der Waals surface area contributed by atoms with Crippen LogP contribution in [0.3, 0.4) is 0 Å². The van der Waals surface area contributed by atoms with Crippen LogP contribution in [0.25, 0.3) is 0 Å².